The van der Waals surface area contributed by atoms with Crippen molar-refractivity contribution in [2.24, 2.45) is 15.3 Å². The molecular weight excluding hydrogens is 1920 g/mol. The molecule has 3 rings (SSSR count). The van der Waals surface area contributed by atoms with Crippen molar-refractivity contribution in [1.82, 2.24) is 0 Å². The SMILES string of the molecule is CCCCOC1[C@@H](OC(COS(=O)(=O)O)OC(C(=O)O)[C@H](O[C@@H]2OC(COS(=O)(=O)O)[C@H](OC(COS(=O)(=O)O)OC(C(=O)O)[C@H](O[C@@H]3OC(COS(=O)(=O)O)[C@H](OC(COS(=O)(=O)O)OC(C(=O)O)[C@@H](OCCCC)[C@H](C)OCCCC)C(OCCCC)[C@@H]3N=[N+]=[N-])[C@H](C)OCCCC)C(OCCCC)[C@@H]2N=[N+]=[N-])[C@H](C)OCCCC)C(COS(=O)(=O)O)O[C@@H](OC)[C@H]1N=[N+]=[N-]. The van der Waals surface area contributed by atoms with E-state index in [1.807, 2.05) is 6.92 Å². The average Bonchev–Trinajstić information content (AvgIpc) is 0.778. The van der Waals surface area contributed by atoms with Crippen LogP contribution in [0, 0.1) is 0 Å². The first-order valence-electron chi connectivity index (χ1n) is 41.6. The Kier molecular flexibility index (Phi) is 56.2. The van der Waals surface area contributed by atoms with Gasteiger partial charge in [0.15, 0.2) is 56.1 Å². The molecule has 0 amide bonds. The van der Waals surface area contributed by atoms with Crippen LogP contribution in [0.5, 0.6) is 0 Å². The lowest BCUT2D eigenvalue weighted by Gasteiger charge is -2.47. The van der Waals surface area contributed by atoms with Crippen LogP contribution in [0.3, 0.4) is 0 Å². The molecule has 64 heteroatoms. The van der Waals surface area contributed by atoms with Gasteiger partial charge < -0.3 is 105 Å². The molecule has 0 aliphatic carbocycles. The van der Waals surface area contributed by atoms with Crippen LogP contribution < -0.4 is 0 Å². The maximum absolute atomic E-state index is 14.4. The summed E-state index contributed by atoms with van der Waals surface area (Å²) >= 11 is 0. The Labute approximate surface area is 763 Å². The van der Waals surface area contributed by atoms with Gasteiger partial charge in [-0.25, -0.2) is 39.5 Å². The number of ether oxygens (including phenoxy) is 19. The minimum Gasteiger partial charge on any atom is -0.479 e. The zero-order valence-corrected chi connectivity index (χ0v) is 78.9. The van der Waals surface area contributed by atoms with Gasteiger partial charge in [0, 0.05) is 68.1 Å². The summed E-state index contributed by atoms with van der Waals surface area (Å²) < 4.78 is 354. The lowest BCUT2D eigenvalue weighted by molar-refractivity contribution is -0.344. The van der Waals surface area contributed by atoms with E-state index >= 15 is 0 Å². The van der Waals surface area contributed by atoms with E-state index in [9.17, 15) is 124 Å². The number of methoxy groups -OCH3 is 1. The highest BCUT2D eigenvalue weighted by atomic mass is 32.3. The minimum atomic E-state index is -5.82. The minimum absolute atomic E-state index is 0.000255. The first-order chi connectivity index (χ1) is 62.0. The van der Waals surface area contributed by atoms with E-state index in [2.05, 4.69) is 42.6 Å². The maximum Gasteiger partial charge on any atom is 0.397 e. The van der Waals surface area contributed by atoms with Crippen molar-refractivity contribution in [2.75, 3.05) is 93.0 Å². The highest BCUT2D eigenvalue weighted by Gasteiger charge is 2.57. The van der Waals surface area contributed by atoms with Crippen molar-refractivity contribution in [3.05, 3.63) is 31.3 Å². The fourth-order valence-electron chi connectivity index (χ4n) is 12.8. The topological polar surface area (TPSA) is 815 Å². The molecule has 0 aromatic carbocycles. The molecule has 3 heterocycles. The lowest BCUT2D eigenvalue weighted by atomic mass is 9.96. The van der Waals surface area contributed by atoms with Crippen LogP contribution in [-0.4, -0.2) is 370 Å². The van der Waals surface area contributed by atoms with Gasteiger partial charge in [-0.3, -0.25) is 27.3 Å². The molecule has 0 spiro atoms. The van der Waals surface area contributed by atoms with Crippen LogP contribution in [0.25, 0.3) is 31.3 Å². The number of rotatable bonds is 75. The van der Waals surface area contributed by atoms with Crippen LogP contribution in [0.4, 0.5) is 0 Å². The lowest BCUT2D eigenvalue weighted by Crippen LogP contribution is -2.64. The second kappa shape index (κ2) is 61.3. The highest BCUT2D eigenvalue weighted by molar-refractivity contribution is 7.82. The van der Waals surface area contributed by atoms with Crippen molar-refractivity contribution < 1.29 is 223 Å². The molecule has 12 unspecified atom stereocenters. The molecule has 3 aliphatic heterocycles. The number of unbranched alkanes of at least 4 members (excludes halogenated alkanes) is 7. The number of carboxylic acid groups (broad SMARTS) is 3. The summed E-state index contributed by atoms with van der Waals surface area (Å²) in [4.78, 5) is 50.4. The van der Waals surface area contributed by atoms with E-state index in [1.54, 1.807) is 41.5 Å². The summed E-state index contributed by atoms with van der Waals surface area (Å²) in [6.07, 6.45) is -48.5. The Morgan fingerprint density at radius 2 is 0.576 bits per heavy atom. The second-order valence-corrected chi connectivity index (χ2v) is 35.8. The average molecular weight is 2040 g/mol. The van der Waals surface area contributed by atoms with Crippen LogP contribution in [-0.2, 0) is 192 Å². The number of hydrogen-bond donors (Lipinski definition) is 9. The van der Waals surface area contributed by atoms with E-state index in [0.29, 0.717) is 51.4 Å². The van der Waals surface area contributed by atoms with Crippen LogP contribution in [0.1, 0.15) is 159 Å². The van der Waals surface area contributed by atoms with Crippen molar-refractivity contribution in [3.63, 3.8) is 0 Å². The van der Waals surface area contributed by atoms with Crippen molar-refractivity contribution in [1.29, 1.82) is 0 Å². The molecule has 3 fully saturated rings. The molecule has 0 aromatic rings. The first-order valence-corrected chi connectivity index (χ1v) is 49.8. The summed E-state index contributed by atoms with van der Waals surface area (Å²) in [6.45, 7) is 4.57. The summed E-state index contributed by atoms with van der Waals surface area (Å²) in [5, 5.41) is 45.1. The molecule has 58 nitrogen and oxygen atoms in total. The smallest absolute Gasteiger partial charge is 0.397 e. The van der Waals surface area contributed by atoms with Gasteiger partial charge in [0.05, 0.1) is 56.4 Å². The van der Waals surface area contributed by atoms with Gasteiger partial charge in [-0.2, -0.15) is 50.5 Å². The van der Waals surface area contributed by atoms with Gasteiger partial charge in [-0.05, 0) is 82.3 Å². The molecular formula is C68H123N9O49S6. The summed E-state index contributed by atoms with van der Waals surface area (Å²) in [7, 11) is -32.8. The normalized spacial score (nSPS) is 25.8. The molecule has 0 radical (unpaired) electrons. The summed E-state index contributed by atoms with van der Waals surface area (Å²) in [5.74, 6) is -6.16. The third-order valence-electron chi connectivity index (χ3n) is 19.1. The zero-order chi connectivity index (χ0) is 99.3. The number of carboxylic acids is 3. The van der Waals surface area contributed by atoms with Gasteiger partial charge in [0.2, 0.25) is 0 Å². The van der Waals surface area contributed by atoms with Crippen molar-refractivity contribution in [3.8, 4) is 0 Å². The Hall–Kier alpha value is -5.20. The zero-order valence-electron chi connectivity index (χ0n) is 74.0. The molecule has 0 bridgehead atoms. The molecule has 770 valence electrons. The molecule has 0 aromatic heterocycles. The number of nitrogens with zero attached hydrogens (tertiary/aromatic N) is 9. The Morgan fingerprint density at radius 3 is 0.818 bits per heavy atom. The number of carbonyl (C=O) groups is 3. The predicted octanol–water partition coefficient (Wildman–Crippen LogP) is 4.43. The van der Waals surface area contributed by atoms with E-state index in [4.69, 9.17) is 103 Å². The second-order valence-electron chi connectivity index (χ2n) is 29.2. The van der Waals surface area contributed by atoms with Gasteiger partial charge >= 0.3 is 80.3 Å². The first kappa shape index (κ1) is 121. The number of azide groups is 3. The fourth-order valence-corrected chi connectivity index (χ4v) is 14.6. The van der Waals surface area contributed by atoms with Crippen LogP contribution in [0.2, 0.25) is 0 Å². The van der Waals surface area contributed by atoms with E-state index in [-0.39, 0.29) is 71.6 Å². The Balaban J connectivity index is 2.56. The van der Waals surface area contributed by atoms with E-state index < -0.39 is 299 Å². The molecule has 27 atom stereocenters. The van der Waals surface area contributed by atoms with Gasteiger partial charge in [0.1, 0.15) is 92.9 Å². The molecule has 132 heavy (non-hydrogen) atoms. The Bertz CT molecular complexity index is 4270. The highest BCUT2D eigenvalue weighted by Crippen LogP contribution is 2.39. The van der Waals surface area contributed by atoms with Gasteiger partial charge in [-0.1, -0.05) is 109 Å². The van der Waals surface area contributed by atoms with Crippen molar-refractivity contribution in [2.45, 2.75) is 325 Å². The quantitative estimate of drug-likeness (QED) is 0.0101. The van der Waals surface area contributed by atoms with Gasteiger partial charge in [0.25, 0.3) is 0 Å². The molecule has 3 saturated heterocycles. The summed E-state index contributed by atoms with van der Waals surface area (Å²) in [5.41, 5.74) is 30.7. The van der Waals surface area contributed by atoms with E-state index in [1.165, 1.54) is 6.92 Å². The van der Waals surface area contributed by atoms with Gasteiger partial charge in [-0.15, -0.1) is 0 Å². The summed E-state index contributed by atoms with van der Waals surface area (Å²) in [6, 6.07) is -6.16. The number of hydrogen-bond acceptors (Lipinski definition) is 43. The van der Waals surface area contributed by atoms with Crippen LogP contribution >= 0.6 is 0 Å². The standard InChI is InChI=1S/C68H123N9O49S6/c1-12-19-26-103-39(8)51(106-29-22-15-4)60(63(78)79)122-45(36-113-130(93,94)95)119-55-43(34-111-128(87,88)89)117-67(49(73-76-70)58(55)108-31-24-17-6)126-53(41(10)105-28-21-14-3)62(65(82)83)124-47(38-115-132(99,100)101)121-56-44(35-112-129(90,91)92)118-68(50(74-77-71)59(56)109-32-25-18-7)125-52(40(9)104-27-20-13-2)61(64(80)81)123-46(37-114-131(96,97)98)120-54-42(33-110-127(84,85)86)116-66(102-11)48(72-75-69)57(54)107-30-23-16-5/h39-62,66-68H,12-38H2,1-11H3,(H,78,79)(H,80,81)(H,82,83)(H,84,85,86)(H,87,88,89)(H,90,91,92)(H,93,94,95)(H,96,97,98)(H,99,100,101)/t39-,40-,41-,42?,43?,44?,45?,46?,47?,48-,49-,50-,51-,52+,53+,54-,55-,56-,57?,58?,59?,60?,61?,62?,66+,67-,68-/m0/s1. The maximum atomic E-state index is 14.4. The third-order valence-corrected chi connectivity index (χ3v) is 21.7. The van der Waals surface area contributed by atoms with E-state index in [0.717, 1.165) is 21.0 Å². The Morgan fingerprint density at radius 1 is 0.341 bits per heavy atom. The third kappa shape index (κ3) is 45.6. The largest absolute Gasteiger partial charge is 0.479 e. The fraction of sp³-hybridized carbons (Fsp3) is 0.956. The molecule has 9 N–H and O–H groups in total. The monoisotopic (exact) mass is 2040 g/mol. The molecule has 3 aliphatic rings. The van der Waals surface area contributed by atoms with Crippen molar-refractivity contribution >= 4 is 80.3 Å². The molecule has 0 saturated carbocycles. The predicted molar refractivity (Wildman–Crippen MR) is 440 cm³/mol. The van der Waals surface area contributed by atoms with Crippen LogP contribution in [0.15, 0.2) is 15.3 Å². The number of aliphatic carboxylic acids is 3.